The molecule has 0 saturated carbocycles. The van der Waals surface area contributed by atoms with Gasteiger partial charge in [0.2, 0.25) is 11.8 Å². The minimum atomic E-state index is -0.0225. The fraction of sp³-hybridized carbons (Fsp3) is 0.929. The maximum absolute atomic E-state index is 12.7. The van der Waals surface area contributed by atoms with Gasteiger partial charge in [0.15, 0.2) is 0 Å². The number of ether oxygens (including phenoxy) is 4. The van der Waals surface area contributed by atoms with E-state index in [0.717, 1.165) is 38.8 Å². The third-order valence-electron chi connectivity index (χ3n) is 6.47. The van der Waals surface area contributed by atoms with Crippen LogP contribution in [-0.4, -0.2) is 101 Å². The van der Waals surface area contributed by atoms with Gasteiger partial charge in [-0.3, -0.25) is 9.59 Å². The number of hydrogen-bond acceptors (Lipinski definition) is 6. The molecule has 0 atom stereocenters. The first-order chi connectivity index (χ1) is 17.7. The monoisotopic (exact) mass is 514 g/mol. The lowest BCUT2D eigenvalue weighted by molar-refractivity contribution is -0.141. The molecule has 1 aliphatic heterocycles. The lowest BCUT2D eigenvalue weighted by Crippen LogP contribution is -2.39. The van der Waals surface area contributed by atoms with Crippen LogP contribution in [0.4, 0.5) is 0 Å². The van der Waals surface area contributed by atoms with E-state index < -0.39 is 0 Å². The maximum atomic E-state index is 12.7. The minimum Gasteiger partial charge on any atom is -0.377 e. The van der Waals surface area contributed by atoms with E-state index in [-0.39, 0.29) is 25.0 Å². The number of amides is 2. The molecule has 0 aromatic rings. The average molecular weight is 515 g/mol. The Bertz CT molecular complexity index is 488. The van der Waals surface area contributed by atoms with Crippen LogP contribution in [0.3, 0.4) is 0 Å². The molecule has 212 valence electrons. The molecule has 0 unspecified atom stereocenters. The maximum Gasteiger partial charge on any atom is 0.248 e. The van der Waals surface area contributed by atoms with Gasteiger partial charge in [-0.05, 0) is 12.8 Å². The lowest BCUT2D eigenvalue weighted by atomic mass is 10.1. The number of hydrogen-bond donors (Lipinski definition) is 0. The highest BCUT2D eigenvalue weighted by Crippen LogP contribution is 2.08. The highest BCUT2D eigenvalue weighted by molar-refractivity contribution is 5.77. The van der Waals surface area contributed by atoms with Crippen molar-refractivity contribution in [2.75, 3.05) is 79.0 Å². The van der Waals surface area contributed by atoms with E-state index in [9.17, 15) is 9.59 Å². The number of rotatable bonds is 14. The summed E-state index contributed by atoms with van der Waals surface area (Å²) in [5.74, 6) is -0.0450. The molecular weight excluding hydrogens is 460 g/mol. The molecule has 2 amide bonds. The Labute approximate surface area is 220 Å². The molecule has 1 heterocycles. The van der Waals surface area contributed by atoms with Crippen molar-refractivity contribution >= 4 is 11.8 Å². The summed E-state index contributed by atoms with van der Waals surface area (Å²) in [6, 6.07) is 0. The van der Waals surface area contributed by atoms with Gasteiger partial charge in [-0.1, -0.05) is 78.1 Å². The standard InChI is InChI=1S/C28H54N2O6/c1-3-5-7-9-11-13-15-29-17-19-33-21-22-34-20-18-30(16-14-12-10-8-6-4-2)28(32)26-36-24-23-35-25-27(29)31/h3-26H2,1-2H3. The SMILES string of the molecule is CCCCCCCCN1CCOCCOCCN(CCCCCCCC)C(=O)COCCOCC1=O. The Morgan fingerprint density at radius 2 is 0.861 bits per heavy atom. The van der Waals surface area contributed by atoms with Gasteiger partial charge in [-0.15, -0.1) is 0 Å². The molecule has 0 aliphatic carbocycles. The van der Waals surface area contributed by atoms with Gasteiger partial charge >= 0.3 is 0 Å². The number of unbranched alkanes of at least 4 members (excludes halogenated alkanes) is 10. The fourth-order valence-corrected chi connectivity index (χ4v) is 4.18. The Morgan fingerprint density at radius 3 is 1.28 bits per heavy atom. The van der Waals surface area contributed by atoms with E-state index in [1.165, 1.54) is 51.4 Å². The molecule has 1 fully saturated rings. The van der Waals surface area contributed by atoms with Gasteiger partial charge in [0.1, 0.15) is 13.2 Å². The summed E-state index contributed by atoms with van der Waals surface area (Å²) in [5.41, 5.74) is 0. The first-order valence-corrected chi connectivity index (χ1v) is 14.6. The fourth-order valence-electron chi connectivity index (χ4n) is 4.18. The predicted molar refractivity (Wildman–Crippen MR) is 143 cm³/mol. The Kier molecular flexibility index (Phi) is 22.0. The van der Waals surface area contributed by atoms with Crippen molar-refractivity contribution < 1.29 is 28.5 Å². The summed E-state index contributed by atoms with van der Waals surface area (Å²) in [4.78, 5) is 29.0. The molecule has 0 spiro atoms. The van der Waals surface area contributed by atoms with Crippen molar-refractivity contribution in [2.24, 2.45) is 0 Å². The molecule has 0 aromatic carbocycles. The summed E-state index contributed by atoms with van der Waals surface area (Å²) in [6.45, 7) is 9.58. The van der Waals surface area contributed by atoms with Crippen LogP contribution in [-0.2, 0) is 28.5 Å². The van der Waals surface area contributed by atoms with E-state index >= 15 is 0 Å². The molecule has 1 aliphatic rings. The molecule has 36 heavy (non-hydrogen) atoms. The van der Waals surface area contributed by atoms with Gasteiger partial charge in [0.05, 0.1) is 39.6 Å². The van der Waals surface area contributed by atoms with Gasteiger partial charge in [0, 0.05) is 26.2 Å². The van der Waals surface area contributed by atoms with Crippen LogP contribution in [0, 0.1) is 0 Å². The molecule has 0 N–H and O–H groups in total. The second kappa shape index (κ2) is 24.1. The van der Waals surface area contributed by atoms with Crippen LogP contribution in [0.1, 0.15) is 90.9 Å². The summed E-state index contributed by atoms with van der Waals surface area (Å²) in [5, 5.41) is 0. The minimum absolute atomic E-state index is 0.0225. The third kappa shape index (κ3) is 18.1. The molecule has 8 nitrogen and oxygen atoms in total. The van der Waals surface area contributed by atoms with Crippen molar-refractivity contribution in [1.82, 2.24) is 9.80 Å². The largest absolute Gasteiger partial charge is 0.377 e. The van der Waals surface area contributed by atoms with Crippen molar-refractivity contribution in [3.05, 3.63) is 0 Å². The van der Waals surface area contributed by atoms with Gasteiger partial charge < -0.3 is 28.7 Å². The first-order valence-electron chi connectivity index (χ1n) is 14.6. The normalized spacial score (nSPS) is 18.3. The van der Waals surface area contributed by atoms with Gasteiger partial charge in [0.25, 0.3) is 0 Å². The molecule has 8 heteroatoms. The van der Waals surface area contributed by atoms with Gasteiger partial charge in [-0.25, -0.2) is 0 Å². The first kappa shape index (κ1) is 32.8. The van der Waals surface area contributed by atoms with Crippen LogP contribution in [0.15, 0.2) is 0 Å². The zero-order valence-corrected chi connectivity index (χ0v) is 23.3. The molecule has 0 radical (unpaired) electrons. The van der Waals surface area contributed by atoms with Crippen LogP contribution >= 0.6 is 0 Å². The van der Waals surface area contributed by atoms with E-state index in [1.54, 1.807) is 0 Å². The molecule has 1 saturated heterocycles. The second-order valence-electron chi connectivity index (χ2n) is 9.63. The Hall–Kier alpha value is -1.22. The average Bonchev–Trinajstić information content (AvgIpc) is 2.88. The highest BCUT2D eigenvalue weighted by atomic mass is 16.5. The predicted octanol–water partition coefficient (Wildman–Crippen LogP) is 4.44. The van der Waals surface area contributed by atoms with Crippen molar-refractivity contribution in [3.63, 3.8) is 0 Å². The van der Waals surface area contributed by atoms with Crippen molar-refractivity contribution in [2.45, 2.75) is 90.9 Å². The highest BCUT2D eigenvalue weighted by Gasteiger charge is 2.15. The summed E-state index contributed by atoms with van der Waals surface area (Å²) in [7, 11) is 0. The van der Waals surface area contributed by atoms with E-state index in [2.05, 4.69) is 13.8 Å². The molecular formula is C28H54N2O6. The summed E-state index contributed by atoms with van der Waals surface area (Å²) < 4.78 is 22.5. The van der Waals surface area contributed by atoms with E-state index in [0.29, 0.717) is 52.7 Å². The third-order valence-corrected chi connectivity index (χ3v) is 6.47. The Morgan fingerprint density at radius 1 is 0.500 bits per heavy atom. The van der Waals surface area contributed by atoms with Crippen LogP contribution in [0.2, 0.25) is 0 Å². The summed E-state index contributed by atoms with van der Waals surface area (Å²) in [6.07, 6.45) is 14.2. The zero-order chi connectivity index (χ0) is 26.1. The van der Waals surface area contributed by atoms with E-state index in [1.807, 2.05) is 9.80 Å². The van der Waals surface area contributed by atoms with Crippen LogP contribution in [0.5, 0.6) is 0 Å². The van der Waals surface area contributed by atoms with E-state index in [4.69, 9.17) is 18.9 Å². The molecule has 0 aromatic heterocycles. The van der Waals surface area contributed by atoms with Crippen LogP contribution < -0.4 is 0 Å². The lowest BCUT2D eigenvalue weighted by Gasteiger charge is -2.24. The van der Waals surface area contributed by atoms with Crippen molar-refractivity contribution in [3.8, 4) is 0 Å². The second-order valence-corrected chi connectivity index (χ2v) is 9.63. The topological polar surface area (TPSA) is 77.5 Å². The number of carbonyl (C=O) groups is 2. The Balaban J connectivity index is 2.43. The zero-order valence-electron chi connectivity index (χ0n) is 23.3. The number of nitrogens with zero attached hydrogens (tertiary/aromatic N) is 2. The summed E-state index contributed by atoms with van der Waals surface area (Å²) >= 11 is 0. The van der Waals surface area contributed by atoms with Crippen molar-refractivity contribution in [1.29, 1.82) is 0 Å². The molecule has 0 bridgehead atoms. The van der Waals surface area contributed by atoms with Crippen LogP contribution in [0.25, 0.3) is 0 Å². The quantitative estimate of drug-likeness (QED) is 0.319. The van der Waals surface area contributed by atoms with Gasteiger partial charge in [-0.2, -0.15) is 0 Å². The number of carbonyl (C=O) groups excluding carboxylic acids is 2. The smallest absolute Gasteiger partial charge is 0.248 e. The molecule has 1 rings (SSSR count).